The Labute approximate surface area is 125 Å². The Hall–Kier alpha value is -0.970. The molecule has 21 heavy (non-hydrogen) atoms. The topological polar surface area (TPSA) is 30.5 Å². The van der Waals surface area contributed by atoms with Gasteiger partial charge >= 0.3 is 0 Å². The zero-order chi connectivity index (χ0) is 14.7. The Kier molecular flexibility index (Phi) is 4.57. The lowest BCUT2D eigenvalue weighted by atomic mass is 9.76. The van der Waals surface area contributed by atoms with E-state index in [1.165, 1.54) is 0 Å². The molecule has 2 saturated heterocycles. The van der Waals surface area contributed by atoms with Crippen LogP contribution >= 0.6 is 0 Å². The largest absolute Gasteiger partial charge is 0.381 e. The highest BCUT2D eigenvalue weighted by Crippen LogP contribution is 2.41. The number of hydrogen-bond donors (Lipinski definition) is 1. The van der Waals surface area contributed by atoms with Gasteiger partial charge in [-0.1, -0.05) is 12.1 Å². The van der Waals surface area contributed by atoms with Crippen molar-refractivity contribution in [1.82, 2.24) is 5.32 Å². The lowest BCUT2D eigenvalue weighted by Gasteiger charge is -2.45. The second-order valence-corrected chi connectivity index (χ2v) is 6.21. The first-order chi connectivity index (χ1) is 10.2. The highest BCUT2D eigenvalue weighted by molar-refractivity contribution is 5.21. The number of benzene rings is 1. The van der Waals surface area contributed by atoms with Crippen molar-refractivity contribution in [3.63, 3.8) is 0 Å². The number of ether oxygens (including phenoxy) is 2. The van der Waals surface area contributed by atoms with Crippen LogP contribution in [0.5, 0.6) is 0 Å². The SMILES string of the molecule is CNC(c1ccc(F)cc1)C1CCOC2(CCOCC2)C1. The van der Waals surface area contributed by atoms with Gasteiger partial charge < -0.3 is 14.8 Å². The van der Waals surface area contributed by atoms with Crippen molar-refractivity contribution in [2.75, 3.05) is 26.9 Å². The molecule has 2 heterocycles. The molecule has 0 aromatic heterocycles. The van der Waals surface area contributed by atoms with Crippen LogP contribution in [-0.2, 0) is 9.47 Å². The maximum absolute atomic E-state index is 13.1. The monoisotopic (exact) mass is 293 g/mol. The summed E-state index contributed by atoms with van der Waals surface area (Å²) >= 11 is 0. The molecule has 116 valence electrons. The summed E-state index contributed by atoms with van der Waals surface area (Å²) in [6, 6.07) is 7.13. The Balaban J connectivity index is 1.75. The van der Waals surface area contributed by atoms with Gasteiger partial charge in [-0.15, -0.1) is 0 Å². The molecule has 0 amide bonds. The number of halogens is 1. The maximum atomic E-state index is 13.1. The summed E-state index contributed by atoms with van der Waals surface area (Å²) in [5.41, 5.74) is 1.16. The Morgan fingerprint density at radius 1 is 1.19 bits per heavy atom. The van der Waals surface area contributed by atoms with Gasteiger partial charge in [0.15, 0.2) is 0 Å². The molecule has 1 spiro atoms. The molecule has 2 aliphatic rings. The van der Waals surface area contributed by atoms with Crippen LogP contribution in [0.3, 0.4) is 0 Å². The van der Waals surface area contributed by atoms with Crippen LogP contribution in [0, 0.1) is 11.7 Å². The molecule has 1 aromatic carbocycles. The average molecular weight is 293 g/mol. The van der Waals surface area contributed by atoms with Gasteiger partial charge in [0.2, 0.25) is 0 Å². The van der Waals surface area contributed by atoms with Gasteiger partial charge in [-0.2, -0.15) is 0 Å². The summed E-state index contributed by atoms with van der Waals surface area (Å²) in [5.74, 6) is 0.341. The van der Waals surface area contributed by atoms with Crippen LogP contribution in [0.25, 0.3) is 0 Å². The summed E-state index contributed by atoms with van der Waals surface area (Å²) < 4.78 is 24.7. The van der Waals surface area contributed by atoms with E-state index in [2.05, 4.69) is 5.32 Å². The fourth-order valence-corrected chi connectivity index (χ4v) is 3.79. The molecule has 2 atom stereocenters. The minimum atomic E-state index is -0.179. The Morgan fingerprint density at radius 3 is 2.57 bits per heavy atom. The van der Waals surface area contributed by atoms with Gasteiger partial charge in [0.1, 0.15) is 5.82 Å². The smallest absolute Gasteiger partial charge is 0.123 e. The van der Waals surface area contributed by atoms with E-state index >= 15 is 0 Å². The molecule has 3 nitrogen and oxygen atoms in total. The zero-order valence-electron chi connectivity index (χ0n) is 12.6. The highest BCUT2D eigenvalue weighted by Gasteiger charge is 2.41. The summed E-state index contributed by atoms with van der Waals surface area (Å²) in [6.45, 7) is 2.41. The van der Waals surface area contributed by atoms with Crippen molar-refractivity contribution in [3.05, 3.63) is 35.6 Å². The Morgan fingerprint density at radius 2 is 1.90 bits per heavy atom. The van der Waals surface area contributed by atoms with Crippen LogP contribution in [-0.4, -0.2) is 32.5 Å². The van der Waals surface area contributed by atoms with Crippen molar-refractivity contribution in [2.24, 2.45) is 5.92 Å². The minimum Gasteiger partial charge on any atom is -0.381 e. The molecular weight excluding hydrogens is 269 g/mol. The molecule has 2 aliphatic heterocycles. The lowest BCUT2D eigenvalue weighted by molar-refractivity contribution is -0.150. The molecule has 3 rings (SSSR count). The lowest BCUT2D eigenvalue weighted by Crippen LogP contribution is -2.46. The molecule has 4 heteroatoms. The third-order valence-corrected chi connectivity index (χ3v) is 4.95. The number of nitrogens with one attached hydrogen (secondary N) is 1. The predicted molar refractivity (Wildman–Crippen MR) is 79.7 cm³/mol. The predicted octanol–water partition coefficient (Wildman–Crippen LogP) is 3.06. The van der Waals surface area contributed by atoms with Gasteiger partial charge in [0.25, 0.3) is 0 Å². The molecule has 0 saturated carbocycles. The van der Waals surface area contributed by atoms with Crippen LogP contribution in [0.1, 0.15) is 37.3 Å². The fourth-order valence-electron chi connectivity index (χ4n) is 3.79. The van der Waals surface area contributed by atoms with E-state index in [0.717, 1.165) is 51.1 Å². The summed E-state index contributed by atoms with van der Waals surface area (Å²) in [7, 11) is 1.99. The highest BCUT2D eigenvalue weighted by atomic mass is 19.1. The number of rotatable bonds is 3. The third-order valence-electron chi connectivity index (χ3n) is 4.95. The maximum Gasteiger partial charge on any atom is 0.123 e. The fraction of sp³-hybridized carbons (Fsp3) is 0.647. The van der Waals surface area contributed by atoms with Gasteiger partial charge in [-0.05, 0) is 56.3 Å². The minimum absolute atomic E-state index is 0.00367. The van der Waals surface area contributed by atoms with E-state index in [1.807, 2.05) is 19.2 Å². The van der Waals surface area contributed by atoms with Gasteiger partial charge in [0, 0.05) is 25.9 Å². The molecule has 1 N–H and O–H groups in total. The molecule has 2 fully saturated rings. The van der Waals surface area contributed by atoms with E-state index in [-0.39, 0.29) is 17.5 Å². The van der Waals surface area contributed by atoms with Crippen molar-refractivity contribution in [2.45, 2.75) is 37.3 Å². The average Bonchev–Trinajstić information content (AvgIpc) is 2.51. The standard InChI is InChI=1S/C17H24FNO2/c1-19-16(13-2-4-15(18)5-3-13)14-6-9-21-17(12-14)7-10-20-11-8-17/h2-5,14,16,19H,6-12H2,1H3. The molecular formula is C17H24FNO2. The van der Waals surface area contributed by atoms with Crippen LogP contribution in [0.4, 0.5) is 4.39 Å². The molecule has 1 aromatic rings. The van der Waals surface area contributed by atoms with Crippen molar-refractivity contribution >= 4 is 0 Å². The summed E-state index contributed by atoms with van der Waals surface area (Å²) in [4.78, 5) is 0. The first-order valence-corrected chi connectivity index (χ1v) is 7.87. The van der Waals surface area contributed by atoms with E-state index in [0.29, 0.717) is 5.92 Å². The number of hydrogen-bond acceptors (Lipinski definition) is 3. The van der Waals surface area contributed by atoms with E-state index in [9.17, 15) is 4.39 Å². The van der Waals surface area contributed by atoms with Crippen LogP contribution in [0.15, 0.2) is 24.3 Å². The quantitative estimate of drug-likeness (QED) is 0.929. The van der Waals surface area contributed by atoms with Crippen LogP contribution in [0.2, 0.25) is 0 Å². The molecule has 0 bridgehead atoms. The zero-order valence-corrected chi connectivity index (χ0v) is 12.6. The normalized spacial score (nSPS) is 26.7. The van der Waals surface area contributed by atoms with Crippen molar-refractivity contribution in [3.8, 4) is 0 Å². The van der Waals surface area contributed by atoms with Gasteiger partial charge in [-0.25, -0.2) is 4.39 Å². The van der Waals surface area contributed by atoms with Crippen molar-refractivity contribution < 1.29 is 13.9 Å². The Bertz CT molecular complexity index is 451. The first kappa shape index (κ1) is 14.9. The summed E-state index contributed by atoms with van der Waals surface area (Å²) in [5, 5.41) is 3.42. The van der Waals surface area contributed by atoms with E-state index < -0.39 is 0 Å². The van der Waals surface area contributed by atoms with E-state index in [4.69, 9.17) is 9.47 Å². The van der Waals surface area contributed by atoms with Crippen molar-refractivity contribution in [1.29, 1.82) is 0 Å². The van der Waals surface area contributed by atoms with Gasteiger partial charge in [-0.3, -0.25) is 0 Å². The van der Waals surface area contributed by atoms with Crippen LogP contribution < -0.4 is 5.32 Å². The molecule has 0 aliphatic carbocycles. The van der Waals surface area contributed by atoms with Gasteiger partial charge in [0.05, 0.1) is 5.60 Å². The summed E-state index contributed by atoms with van der Waals surface area (Å²) in [6.07, 6.45) is 4.08. The van der Waals surface area contributed by atoms with E-state index in [1.54, 1.807) is 12.1 Å². The second kappa shape index (κ2) is 6.42. The first-order valence-electron chi connectivity index (χ1n) is 7.87. The molecule has 0 radical (unpaired) electrons. The third kappa shape index (κ3) is 3.28. The second-order valence-electron chi connectivity index (χ2n) is 6.21. The molecule has 2 unspecified atom stereocenters.